The number of hydrogen-bond donors (Lipinski definition) is 0. The van der Waals surface area contributed by atoms with Crippen molar-refractivity contribution in [3.05, 3.63) is 33.9 Å². The van der Waals surface area contributed by atoms with E-state index in [1.165, 1.54) is 5.56 Å². The fourth-order valence-electron chi connectivity index (χ4n) is 3.90. The molecule has 6 heteroatoms. The molecule has 0 spiro atoms. The average Bonchev–Trinajstić information content (AvgIpc) is 2.74. The van der Waals surface area contributed by atoms with Gasteiger partial charge in [0, 0.05) is 18.2 Å². The van der Waals surface area contributed by atoms with Gasteiger partial charge >= 0.3 is 5.97 Å². The second-order valence-corrected chi connectivity index (χ2v) is 8.37. The SMILES string of the molecule is CCOC(=O)C(C)=CCCC1(C)CCc2c(C)c(OCOCCOC)c(C)c(C)c2O1. The molecule has 0 aliphatic carbocycles. The highest BCUT2D eigenvalue weighted by atomic mass is 16.7. The van der Waals surface area contributed by atoms with Crippen LogP contribution in [0.25, 0.3) is 0 Å². The molecule has 1 unspecified atom stereocenters. The van der Waals surface area contributed by atoms with E-state index in [4.69, 9.17) is 23.7 Å². The first-order chi connectivity index (χ1) is 14.7. The third-order valence-electron chi connectivity index (χ3n) is 6.00. The van der Waals surface area contributed by atoms with Gasteiger partial charge in [-0.25, -0.2) is 4.79 Å². The maximum absolute atomic E-state index is 11.8. The lowest BCUT2D eigenvalue weighted by atomic mass is 9.85. The highest BCUT2D eigenvalue weighted by Crippen LogP contribution is 2.44. The van der Waals surface area contributed by atoms with Crippen LogP contribution < -0.4 is 9.47 Å². The van der Waals surface area contributed by atoms with Gasteiger partial charge in [0.2, 0.25) is 0 Å². The molecule has 0 fully saturated rings. The summed E-state index contributed by atoms with van der Waals surface area (Å²) in [5.41, 5.74) is 4.90. The van der Waals surface area contributed by atoms with E-state index in [2.05, 4.69) is 27.7 Å². The standard InChI is InChI=1S/C25H38O6/c1-8-29-24(26)17(2)10-9-12-25(6)13-11-21-20(5)22(30-16-28-15-14-27-7)18(3)19(4)23(21)31-25/h10H,8-9,11-16H2,1-7H3. The van der Waals surface area contributed by atoms with E-state index < -0.39 is 0 Å². The zero-order chi connectivity index (χ0) is 23.0. The topological polar surface area (TPSA) is 63.2 Å². The van der Waals surface area contributed by atoms with Crippen LogP contribution in [-0.2, 0) is 25.4 Å². The molecule has 0 N–H and O–H groups in total. The number of methoxy groups -OCH3 is 1. The Labute approximate surface area is 186 Å². The van der Waals surface area contributed by atoms with Gasteiger partial charge in [-0.05, 0) is 83.9 Å². The van der Waals surface area contributed by atoms with Gasteiger partial charge in [-0.2, -0.15) is 0 Å². The molecule has 1 aliphatic rings. The molecule has 1 aliphatic heterocycles. The van der Waals surface area contributed by atoms with Crippen LogP contribution in [0, 0.1) is 20.8 Å². The first-order valence-corrected chi connectivity index (χ1v) is 11.1. The van der Waals surface area contributed by atoms with Crippen LogP contribution in [0.5, 0.6) is 11.5 Å². The minimum atomic E-state index is -0.270. The summed E-state index contributed by atoms with van der Waals surface area (Å²) in [7, 11) is 1.65. The Morgan fingerprint density at radius 2 is 1.90 bits per heavy atom. The van der Waals surface area contributed by atoms with Crippen LogP contribution in [-0.4, -0.2) is 45.3 Å². The summed E-state index contributed by atoms with van der Waals surface area (Å²) >= 11 is 0. The van der Waals surface area contributed by atoms with Crippen LogP contribution in [0.4, 0.5) is 0 Å². The van der Waals surface area contributed by atoms with Crippen LogP contribution in [0.15, 0.2) is 11.6 Å². The third-order valence-corrected chi connectivity index (χ3v) is 6.00. The lowest BCUT2D eigenvalue weighted by molar-refractivity contribution is -0.138. The number of carbonyl (C=O) groups is 1. The monoisotopic (exact) mass is 434 g/mol. The van der Waals surface area contributed by atoms with Crippen molar-refractivity contribution in [1.29, 1.82) is 0 Å². The predicted molar refractivity (Wildman–Crippen MR) is 121 cm³/mol. The molecule has 1 atom stereocenters. The van der Waals surface area contributed by atoms with Crippen molar-refractivity contribution in [2.75, 3.05) is 33.7 Å². The molecule has 0 saturated heterocycles. The largest absolute Gasteiger partial charge is 0.487 e. The maximum atomic E-state index is 11.8. The minimum Gasteiger partial charge on any atom is -0.487 e. The fraction of sp³-hybridized carbons (Fsp3) is 0.640. The molecule has 0 saturated carbocycles. The van der Waals surface area contributed by atoms with Crippen molar-refractivity contribution in [2.24, 2.45) is 0 Å². The summed E-state index contributed by atoms with van der Waals surface area (Å²) in [6.45, 7) is 13.7. The van der Waals surface area contributed by atoms with Crippen molar-refractivity contribution in [3.8, 4) is 11.5 Å². The lowest BCUT2D eigenvalue weighted by Gasteiger charge is -2.38. The summed E-state index contributed by atoms with van der Waals surface area (Å²) in [6, 6.07) is 0. The van der Waals surface area contributed by atoms with Gasteiger partial charge < -0.3 is 23.7 Å². The quantitative estimate of drug-likeness (QED) is 0.212. The van der Waals surface area contributed by atoms with Crippen molar-refractivity contribution in [2.45, 2.75) is 72.8 Å². The van der Waals surface area contributed by atoms with Gasteiger partial charge in [-0.1, -0.05) is 6.08 Å². The maximum Gasteiger partial charge on any atom is 0.333 e. The normalized spacial score (nSPS) is 18.4. The highest BCUT2D eigenvalue weighted by molar-refractivity contribution is 5.87. The van der Waals surface area contributed by atoms with Gasteiger partial charge in [-0.15, -0.1) is 0 Å². The molecule has 0 radical (unpaired) electrons. The Hall–Kier alpha value is -2.05. The smallest absolute Gasteiger partial charge is 0.333 e. The number of fused-ring (bicyclic) bond motifs is 1. The average molecular weight is 435 g/mol. The molecule has 0 bridgehead atoms. The Morgan fingerprint density at radius 3 is 2.58 bits per heavy atom. The van der Waals surface area contributed by atoms with E-state index >= 15 is 0 Å². The minimum absolute atomic E-state index is 0.202. The van der Waals surface area contributed by atoms with Gasteiger partial charge in [0.05, 0.1) is 19.8 Å². The fourth-order valence-corrected chi connectivity index (χ4v) is 3.90. The number of esters is 1. The van der Waals surface area contributed by atoms with E-state index in [9.17, 15) is 4.79 Å². The van der Waals surface area contributed by atoms with E-state index in [0.29, 0.717) is 25.4 Å². The summed E-state index contributed by atoms with van der Waals surface area (Å²) in [5, 5.41) is 0. The van der Waals surface area contributed by atoms with Gasteiger partial charge in [-0.3, -0.25) is 0 Å². The van der Waals surface area contributed by atoms with E-state index in [-0.39, 0.29) is 18.4 Å². The number of hydrogen-bond acceptors (Lipinski definition) is 6. The molecule has 174 valence electrons. The molecule has 6 nitrogen and oxygen atoms in total. The van der Waals surface area contributed by atoms with Crippen LogP contribution in [0.2, 0.25) is 0 Å². The third kappa shape index (κ3) is 6.47. The number of ether oxygens (including phenoxy) is 5. The summed E-state index contributed by atoms with van der Waals surface area (Å²) < 4.78 is 28.1. The van der Waals surface area contributed by atoms with Gasteiger partial charge in [0.1, 0.15) is 17.1 Å². The second kappa shape index (κ2) is 11.5. The number of benzene rings is 1. The Bertz CT molecular complexity index is 798. The van der Waals surface area contributed by atoms with Crippen LogP contribution >= 0.6 is 0 Å². The van der Waals surface area contributed by atoms with Crippen molar-refractivity contribution < 1.29 is 28.5 Å². The molecule has 0 aromatic heterocycles. The number of rotatable bonds is 11. The molecule has 0 amide bonds. The molecule has 1 aromatic carbocycles. The molecular weight excluding hydrogens is 396 g/mol. The Balaban J connectivity index is 2.10. The molecular formula is C25H38O6. The molecule has 1 heterocycles. The van der Waals surface area contributed by atoms with E-state index in [1.807, 2.05) is 13.0 Å². The molecule has 2 rings (SSSR count). The van der Waals surface area contributed by atoms with Crippen LogP contribution in [0.1, 0.15) is 62.3 Å². The summed E-state index contributed by atoms with van der Waals surface area (Å²) in [4.78, 5) is 11.8. The first-order valence-electron chi connectivity index (χ1n) is 11.1. The van der Waals surface area contributed by atoms with E-state index in [1.54, 1.807) is 14.0 Å². The highest BCUT2D eigenvalue weighted by Gasteiger charge is 2.34. The summed E-state index contributed by atoms with van der Waals surface area (Å²) in [6.07, 6.45) is 5.41. The van der Waals surface area contributed by atoms with Crippen molar-refractivity contribution in [3.63, 3.8) is 0 Å². The zero-order valence-corrected chi connectivity index (χ0v) is 20.2. The van der Waals surface area contributed by atoms with Gasteiger partial charge in [0.15, 0.2) is 6.79 Å². The Kier molecular flexibility index (Phi) is 9.38. The number of allylic oxidation sites excluding steroid dienone is 1. The number of carbonyl (C=O) groups excluding carboxylic acids is 1. The molecule has 1 aromatic rings. The predicted octanol–water partition coefficient (Wildman–Crippen LogP) is 4.98. The summed E-state index contributed by atoms with van der Waals surface area (Å²) in [5.74, 6) is 1.61. The van der Waals surface area contributed by atoms with E-state index in [0.717, 1.165) is 53.9 Å². The van der Waals surface area contributed by atoms with Crippen molar-refractivity contribution in [1.82, 2.24) is 0 Å². The van der Waals surface area contributed by atoms with Crippen LogP contribution in [0.3, 0.4) is 0 Å². The zero-order valence-electron chi connectivity index (χ0n) is 20.2. The van der Waals surface area contributed by atoms with Crippen molar-refractivity contribution >= 4 is 5.97 Å². The lowest BCUT2D eigenvalue weighted by Crippen LogP contribution is -2.37. The first kappa shape index (κ1) is 25.2. The Morgan fingerprint density at radius 1 is 1.16 bits per heavy atom. The second-order valence-electron chi connectivity index (χ2n) is 8.37. The van der Waals surface area contributed by atoms with Gasteiger partial charge in [0.25, 0.3) is 0 Å². The molecule has 31 heavy (non-hydrogen) atoms.